The van der Waals surface area contributed by atoms with Crippen molar-refractivity contribution in [2.75, 3.05) is 0 Å². The normalized spacial score (nSPS) is 11.2. The van der Waals surface area contributed by atoms with Gasteiger partial charge in [-0.1, -0.05) is 30.3 Å². The molecule has 0 aliphatic heterocycles. The first-order chi connectivity index (χ1) is 11.1. The van der Waals surface area contributed by atoms with E-state index in [0.717, 1.165) is 5.56 Å². The van der Waals surface area contributed by atoms with E-state index >= 15 is 0 Å². The largest absolute Gasteiger partial charge is 0.280 e. The van der Waals surface area contributed by atoms with Gasteiger partial charge in [0.25, 0.3) is 11.5 Å². The Hall–Kier alpha value is -3.01. The second-order valence-corrected chi connectivity index (χ2v) is 5.45. The van der Waals surface area contributed by atoms with Crippen LogP contribution < -0.4 is 5.56 Å². The van der Waals surface area contributed by atoms with E-state index in [1.807, 2.05) is 32.0 Å². The highest BCUT2D eigenvalue weighted by Crippen LogP contribution is 2.12. The minimum Gasteiger partial charge on any atom is -0.269 e. The highest BCUT2D eigenvalue weighted by molar-refractivity contribution is 5.99. The molecule has 3 aromatic rings. The molecule has 2 aromatic carbocycles. The van der Waals surface area contributed by atoms with E-state index in [-0.39, 0.29) is 11.5 Å². The van der Waals surface area contributed by atoms with E-state index in [9.17, 15) is 9.59 Å². The Kier molecular flexibility index (Phi) is 3.89. The standard InChI is InChI=1S/C19H16N2O2/c1-13-7-8-15(11-14(13)2)9-10-18(22)21-12-20-19(23)16-5-3-4-6-17(16)21/h3-12H,1-2H3/b10-9+. The quantitative estimate of drug-likeness (QED) is 0.682. The average Bonchev–Trinajstić information content (AvgIpc) is 2.56. The topological polar surface area (TPSA) is 52.0 Å². The maximum Gasteiger partial charge on any atom is 0.280 e. The number of carbonyl (C=O) groups is 1. The minimum absolute atomic E-state index is 0.244. The molecule has 0 saturated heterocycles. The molecule has 1 aromatic heterocycles. The molecule has 0 N–H and O–H groups in total. The minimum atomic E-state index is -0.331. The summed E-state index contributed by atoms with van der Waals surface area (Å²) in [5, 5.41) is 0.433. The second-order valence-electron chi connectivity index (χ2n) is 5.45. The number of nitrogens with zero attached hydrogens (tertiary/aromatic N) is 2. The molecule has 4 nitrogen and oxygen atoms in total. The van der Waals surface area contributed by atoms with Crippen LogP contribution >= 0.6 is 0 Å². The first-order valence-corrected chi connectivity index (χ1v) is 7.32. The average molecular weight is 304 g/mol. The lowest BCUT2D eigenvalue weighted by Gasteiger charge is -2.05. The summed E-state index contributed by atoms with van der Waals surface area (Å²) in [6, 6.07) is 13.0. The molecular weight excluding hydrogens is 288 g/mol. The van der Waals surface area contributed by atoms with Gasteiger partial charge in [-0.15, -0.1) is 0 Å². The predicted molar refractivity (Wildman–Crippen MR) is 91.6 cm³/mol. The number of allylic oxidation sites excluding steroid dienone is 1. The van der Waals surface area contributed by atoms with Crippen LogP contribution in [-0.2, 0) is 0 Å². The molecule has 1 heterocycles. The zero-order valence-corrected chi connectivity index (χ0v) is 13.0. The molecule has 0 radical (unpaired) electrons. The summed E-state index contributed by atoms with van der Waals surface area (Å²) in [5.74, 6) is -0.244. The fourth-order valence-electron chi connectivity index (χ4n) is 2.40. The van der Waals surface area contributed by atoms with Crippen LogP contribution in [0.3, 0.4) is 0 Å². The van der Waals surface area contributed by atoms with Crippen molar-refractivity contribution < 1.29 is 4.79 Å². The van der Waals surface area contributed by atoms with E-state index in [1.54, 1.807) is 30.3 Å². The lowest BCUT2D eigenvalue weighted by atomic mass is 10.1. The molecule has 114 valence electrons. The summed E-state index contributed by atoms with van der Waals surface area (Å²) >= 11 is 0. The van der Waals surface area contributed by atoms with Crippen molar-refractivity contribution in [2.45, 2.75) is 13.8 Å². The summed E-state index contributed by atoms with van der Waals surface area (Å²) in [6.07, 6.45) is 4.53. The number of fused-ring (bicyclic) bond motifs is 1. The number of benzene rings is 2. The van der Waals surface area contributed by atoms with E-state index in [1.165, 1.54) is 28.1 Å². The molecule has 23 heavy (non-hydrogen) atoms. The van der Waals surface area contributed by atoms with Crippen LogP contribution in [0.15, 0.2) is 59.7 Å². The third-order valence-electron chi connectivity index (χ3n) is 3.87. The van der Waals surface area contributed by atoms with Crippen LogP contribution in [0.4, 0.5) is 0 Å². The first-order valence-electron chi connectivity index (χ1n) is 7.32. The van der Waals surface area contributed by atoms with Gasteiger partial charge in [0.1, 0.15) is 6.33 Å². The lowest BCUT2D eigenvalue weighted by Crippen LogP contribution is -2.16. The Morgan fingerprint density at radius 3 is 2.65 bits per heavy atom. The molecule has 0 saturated carbocycles. The van der Waals surface area contributed by atoms with Gasteiger partial charge in [-0.2, -0.15) is 4.98 Å². The van der Waals surface area contributed by atoms with Crippen LogP contribution in [0.25, 0.3) is 17.0 Å². The molecule has 3 rings (SSSR count). The van der Waals surface area contributed by atoms with Crippen molar-refractivity contribution in [3.63, 3.8) is 0 Å². The third kappa shape index (κ3) is 2.97. The number of hydrogen-bond acceptors (Lipinski definition) is 3. The Morgan fingerprint density at radius 1 is 1.09 bits per heavy atom. The summed E-state index contributed by atoms with van der Waals surface area (Å²) in [5.41, 5.74) is 3.57. The summed E-state index contributed by atoms with van der Waals surface area (Å²) in [6.45, 7) is 4.08. The maximum atomic E-state index is 12.4. The van der Waals surface area contributed by atoms with Crippen LogP contribution in [0, 0.1) is 13.8 Å². The van der Waals surface area contributed by atoms with Gasteiger partial charge in [0.2, 0.25) is 0 Å². The Morgan fingerprint density at radius 2 is 1.87 bits per heavy atom. The van der Waals surface area contributed by atoms with Gasteiger partial charge in [0.05, 0.1) is 10.9 Å². The highest BCUT2D eigenvalue weighted by Gasteiger charge is 2.07. The van der Waals surface area contributed by atoms with Gasteiger partial charge in [0, 0.05) is 6.08 Å². The van der Waals surface area contributed by atoms with Crippen molar-refractivity contribution in [3.05, 3.63) is 81.9 Å². The summed E-state index contributed by atoms with van der Waals surface area (Å²) < 4.78 is 1.38. The van der Waals surface area contributed by atoms with E-state index in [2.05, 4.69) is 4.98 Å². The summed E-state index contributed by atoms with van der Waals surface area (Å²) in [4.78, 5) is 27.9. The molecule has 0 amide bonds. The highest BCUT2D eigenvalue weighted by atomic mass is 16.2. The van der Waals surface area contributed by atoms with Crippen LogP contribution in [-0.4, -0.2) is 15.5 Å². The number of rotatable bonds is 2. The maximum absolute atomic E-state index is 12.4. The molecule has 4 heteroatoms. The zero-order valence-electron chi connectivity index (χ0n) is 13.0. The number of carbonyl (C=O) groups excluding carboxylic acids is 1. The molecular formula is C19H16N2O2. The molecule has 0 spiro atoms. The lowest BCUT2D eigenvalue weighted by molar-refractivity contribution is 0.0973. The van der Waals surface area contributed by atoms with E-state index in [0.29, 0.717) is 10.9 Å². The number of aromatic nitrogens is 2. The van der Waals surface area contributed by atoms with Crippen LogP contribution in [0.2, 0.25) is 0 Å². The number of aryl methyl sites for hydroxylation is 2. The molecule has 0 aliphatic rings. The first kappa shape index (κ1) is 14.9. The van der Waals surface area contributed by atoms with Gasteiger partial charge in [-0.05, 0) is 48.7 Å². The monoisotopic (exact) mass is 304 g/mol. The smallest absolute Gasteiger partial charge is 0.269 e. The van der Waals surface area contributed by atoms with Gasteiger partial charge in [-0.25, -0.2) is 0 Å². The van der Waals surface area contributed by atoms with Crippen molar-refractivity contribution in [2.24, 2.45) is 0 Å². The third-order valence-corrected chi connectivity index (χ3v) is 3.87. The second kappa shape index (κ2) is 6.01. The van der Waals surface area contributed by atoms with Gasteiger partial charge in [-0.3, -0.25) is 14.2 Å². The molecule has 0 fully saturated rings. The molecule has 0 unspecified atom stereocenters. The fraction of sp³-hybridized carbons (Fsp3) is 0.105. The SMILES string of the molecule is Cc1ccc(/C=C/C(=O)n2cnc(=O)c3ccccc32)cc1C. The van der Waals surface area contributed by atoms with Crippen LogP contribution in [0.5, 0.6) is 0 Å². The van der Waals surface area contributed by atoms with Crippen molar-refractivity contribution in [3.8, 4) is 0 Å². The van der Waals surface area contributed by atoms with Crippen molar-refractivity contribution >= 4 is 22.9 Å². The van der Waals surface area contributed by atoms with Gasteiger partial charge >= 0.3 is 0 Å². The Balaban J connectivity index is 1.98. The Bertz CT molecular complexity index is 984. The van der Waals surface area contributed by atoms with Crippen LogP contribution in [0.1, 0.15) is 21.5 Å². The summed E-state index contributed by atoms with van der Waals surface area (Å²) in [7, 11) is 0. The van der Waals surface area contributed by atoms with Gasteiger partial charge in [0.15, 0.2) is 0 Å². The van der Waals surface area contributed by atoms with Gasteiger partial charge < -0.3 is 0 Å². The fourth-order valence-corrected chi connectivity index (χ4v) is 2.40. The molecule has 0 bridgehead atoms. The zero-order chi connectivity index (χ0) is 16.4. The molecule has 0 aliphatic carbocycles. The number of hydrogen-bond donors (Lipinski definition) is 0. The van der Waals surface area contributed by atoms with Crippen molar-refractivity contribution in [1.82, 2.24) is 9.55 Å². The van der Waals surface area contributed by atoms with E-state index in [4.69, 9.17) is 0 Å². The number of para-hydroxylation sites is 1. The molecule has 0 atom stereocenters. The Labute approximate surface area is 133 Å². The predicted octanol–water partition coefficient (Wildman–Crippen LogP) is 3.37. The van der Waals surface area contributed by atoms with Crippen molar-refractivity contribution in [1.29, 1.82) is 0 Å². The van der Waals surface area contributed by atoms with E-state index < -0.39 is 0 Å².